The van der Waals surface area contributed by atoms with Crippen molar-refractivity contribution in [2.24, 2.45) is 5.73 Å². The van der Waals surface area contributed by atoms with Gasteiger partial charge in [-0.3, -0.25) is 4.79 Å². The number of phenolic OH excluding ortho intramolecular Hbond substituents is 1. The lowest BCUT2D eigenvalue weighted by molar-refractivity contribution is -0.138. The molecule has 0 saturated carbocycles. The van der Waals surface area contributed by atoms with Crippen molar-refractivity contribution in [1.29, 1.82) is 0 Å². The fourth-order valence-corrected chi connectivity index (χ4v) is 2.12. The van der Waals surface area contributed by atoms with Gasteiger partial charge in [0, 0.05) is 23.2 Å². The minimum Gasteiger partial charge on any atom is -0.507 e. The summed E-state index contributed by atoms with van der Waals surface area (Å²) >= 11 is 0. The maximum atomic E-state index is 11.0. The Kier molecular flexibility index (Phi) is 3.00. The Bertz CT molecular complexity index is 602. The first-order valence-electron chi connectivity index (χ1n) is 5.74. The molecule has 1 aromatic carbocycles. The third kappa shape index (κ3) is 1.82. The molecule has 1 aromatic heterocycles. The molecule has 1 heterocycles. The van der Waals surface area contributed by atoms with Crippen LogP contribution in [0.5, 0.6) is 5.75 Å². The lowest BCUT2D eigenvalue weighted by Crippen LogP contribution is -2.20. The number of phenols is 1. The topological polar surface area (TPSA) is 88.5 Å². The van der Waals surface area contributed by atoms with Crippen molar-refractivity contribution in [1.82, 2.24) is 4.57 Å². The second-order valence-electron chi connectivity index (χ2n) is 4.57. The molecule has 4 N–H and O–H groups in total. The van der Waals surface area contributed by atoms with Crippen LogP contribution in [-0.4, -0.2) is 20.7 Å². The van der Waals surface area contributed by atoms with Gasteiger partial charge in [0.05, 0.1) is 5.52 Å². The molecule has 5 heteroatoms. The van der Waals surface area contributed by atoms with Gasteiger partial charge in [0.25, 0.3) is 0 Å². The summed E-state index contributed by atoms with van der Waals surface area (Å²) in [4.78, 5) is 11.0. The summed E-state index contributed by atoms with van der Waals surface area (Å²) in [5.74, 6) is -1.06. The van der Waals surface area contributed by atoms with Crippen LogP contribution >= 0.6 is 0 Å². The van der Waals surface area contributed by atoms with Crippen molar-refractivity contribution >= 4 is 16.9 Å². The molecular weight excluding hydrogens is 232 g/mol. The summed E-state index contributed by atoms with van der Waals surface area (Å²) in [6, 6.07) is 4.12. The zero-order chi connectivity index (χ0) is 13.4. The molecule has 0 saturated heterocycles. The summed E-state index contributed by atoms with van der Waals surface area (Å²) in [6.07, 6.45) is 1.70. The van der Waals surface area contributed by atoms with Gasteiger partial charge in [-0.2, -0.15) is 0 Å². The molecule has 0 aliphatic rings. The number of rotatable bonds is 3. The van der Waals surface area contributed by atoms with E-state index in [-0.39, 0.29) is 11.8 Å². The van der Waals surface area contributed by atoms with Crippen molar-refractivity contribution in [2.45, 2.75) is 25.9 Å². The Morgan fingerprint density at radius 2 is 2.06 bits per heavy atom. The first-order valence-corrected chi connectivity index (χ1v) is 5.74. The Balaban J connectivity index is 2.78. The summed E-state index contributed by atoms with van der Waals surface area (Å²) in [5.41, 5.74) is 6.89. The number of benzene rings is 1. The zero-order valence-corrected chi connectivity index (χ0v) is 10.3. The first-order chi connectivity index (χ1) is 8.43. The standard InChI is InChI=1S/C13H16N2O3/c1-7(2)15-6-8(12(14)13(17)18)11-9(15)4-3-5-10(11)16/h3-7,12,16H,14H2,1-2H3,(H,17,18). The number of aromatic hydroxyl groups is 1. The number of carboxylic acids is 1. The molecule has 0 aliphatic carbocycles. The highest BCUT2D eigenvalue weighted by Gasteiger charge is 2.22. The molecule has 2 rings (SSSR count). The average molecular weight is 248 g/mol. The van der Waals surface area contributed by atoms with Crippen LogP contribution in [0.1, 0.15) is 31.5 Å². The minimum atomic E-state index is -1.14. The monoisotopic (exact) mass is 248 g/mol. The van der Waals surface area contributed by atoms with Gasteiger partial charge in [-0.15, -0.1) is 0 Å². The number of carbonyl (C=O) groups is 1. The van der Waals surface area contributed by atoms with E-state index in [1.807, 2.05) is 24.5 Å². The number of nitrogens with two attached hydrogens (primary N) is 1. The molecule has 96 valence electrons. The van der Waals surface area contributed by atoms with Gasteiger partial charge >= 0.3 is 5.97 Å². The van der Waals surface area contributed by atoms with E-state index in [0.29, 0.717) is 10.9 Å². The van der Waals surface area contributed by atoms with Crippen LogP contribution < -0.4 is 5.73 Å². The zero-order valence-electron chi connectivity index (χ0n) is 10.3. The maximum absolute atomic E-state index is 11.0. The summed E-state index contributed by atoms with van der Waals surface area (Å²) in [6.45, 7) is 3.97. The van der Waals surface area contributed by atoms with Gasteiger partial charge < -0.3 is 20.5 Å². The van der Waals surface area contributed by atoms with Gasteiger partial charge in [0.1, 0.15) is 11.8 Å². The van der Waals surface area contributed by atoms with Crippen LogP contribution in [-0.2, 0) is 4.79 Å². The lowest BCUT2D eigenvalue weighted by Gasteiger charge is -2.08. The highest BCUT2D eigenvalue weighted by molar-refractivity contribution is 5.93. The predicted octanol–water partition coefficient (Wildman–Crippen LogP) is 2.01. The number of aromatic nitrogens is 1. The number of hydrogen-bond donors (Lipinski definition) is 3. The SMILES string of the molecule is CC(C)n1cc(C(N)C(=O)O)c2c(O)cccc21. The number of carboxylic acid groups (broad SMARTS) is 1. The van der Waals surface area contributed by atoms with E-state index in [2.05, 4.69) is 0 Å². The summed E-state index contributed by atoms with van der Waals surface area (Å²) < 4.78 is 1.91. The summed E-state index contributed by atoms with van der Waals surface area (Å²) in [5, 5.41) is 19.4. The van der Waals surface area contributed by atoms with Crippen LogP contribution in [0.3, 0.4) is 0 Å². The lowest BCUT2D eigenvalue weighted by atomic mass is 10.1. The molecular formula is C13H16N2O3. The Hall–Kier alpha value is -2.01. The fourth-order valence-electron chi connectivity index (χ4n) is 2.12. The fraction of sp³-hybridized carbons (Fsp3) is 0.308. The van der Waals surface area contributed by atoms with Crippen LogP contribution in [0.2, 0.25) is 0 Å². The molecule has 0 radical (unpaired) electrons. The second kappa shape index (κ2) is 4.34. The normalized spacial score (nSPS) is 13.1. The Labute approximate surface area is 104 Å². The smallest absolute Gasteiger partial charge is 0.325 e. The number of fused-ring (bicyclic) bond motifs is 1. The van der Waals surface area contributed by atoms with Gasteiger partial charge in [-0.05, 0) is 26.0 Å². The molecule has 5 nitrogen and oxygen atoms in total. The van der Waals surface area contributed by atoms with E-state index in [1.54, 1.807) is 12.3 Å². The molecule has 0 aliphatic heterocycles. The van der Waals surface area contributed by atoms with Crippen molar-refractivity contribution in [3.05, 3.63) is 30.0 Å². The minimum absolute atomic E-state index is 0.0543. The molecule has 0 bridgehead atoms. The van der Waals surface area contributed by atoms with Crippen LogP contribution in [0.25, 0.3) is 10.9 Å². The Morgan fingerprint density at radius 1 is 1.39 bits per heavy atom. The van der Waals surface area contributed by atoms with E-state index in [4.69, 9.17) is 10.8 Å². The van der Waals surface area contributed by atoms with E-state index >= 15 is 0 Å². The molecule has 2 aromatic rings. The van der Waals surface area contributed by atoms with E-state index in [0.717, 1.165) is 5.52 Å². The van der Waals surface area contributed by atoms with Crippen molar-refractivity contribution in [2.75, 3.05) is 0 Å². The predicted molar refractivity (Wildman–Crippen MR) is 68.6 cm³/mol. The van der Waals surface area contributed by atoms with Crippen molar-refractivity contribution < 1.29 is 15.0 Å². The summed E-state index contributed by atoms with van der Waals surface area (Å²) in [7, 11) is 0. The van der Waals surface area contributed by atoms with E-state index in [9.17, 15) is 9.90 Å². The average Bonchev–Trinajstić information content (AvgIpc) is 2.68. The van der Waals surface area contributed by atoms with Crippen LogP contribution in [0, 0.1) is 0 Å². The molecule has 0 amide bonds. The third-order valence-corrected chi connectivity index (χ3v) is 3.02. The number of nitrogens with zero attached hydrogens (tertiary/aromatic N) is 1. The molecule has 1 atom stereocenters. The molecule has 0 spiro atoms. The quantitative estimate of drug-likeness (QED) is 0.775. The van der Waals surface area contributed by atoms with Crippen LogP contribution in [0.4, 0.5) is 0 Å². The second-order valence-corrected chi connectivity index (χ2v) is 4.57. The largest absolute Gasteiger partial charge is 0.507 e. The molecule has 18 heavy (non-hydrogen) atoms. The number of hydrogen-bond acceptors (Lipinski definition) is 3. The van der Waals surface area contributed by atoms with Gasteiger partial charge in [-0.1, -0.05) is 6.07 Å². The van der Waals surface area contributed by atoms with Crippen molar-refractivity contribution in [3.8, 4) is 5.75 Å². The molecule has 1 unspecified atom stereocenters. The van der Waals surface area contributed by atoms with Crippen LogP contribution in [0.15, 0.2) is 24.4 Å². The van der Waals surface area contributed by atoms with Crippen molar-refractivity contribution in [3.63, 3.8) is 0 Å². The van der Waals surface area contributed by atoms with E-state index in [1.165, 1.54) is 6.07 Å². The van der Waals surface area contributed by atoms with Gasteiger partial charge in [-0.25, -0.2) is 0 Å². The number of aliphatic carboxylic acids is 1. The Morgan fingerprint density at radius 3 is 2.61 bits per heavy atom. The van der Waals surface area contributed by atoms with Gasteiger partial charge in [0.15, 0.2) is 0 Å². The molecule has 0 fully saturated rings. The highest BCUT2D eigenvalue weighted by atomic mass is 16.4. The highest BCUT2D eigenvalue weighted by Crippen LogP contribution is 2.34. The maximum Gasteiger partial charge on any atom is 0.325 e. The van der Waals surface area contributed by atoms with E-state index < -0.39 is 12.0 Å². The third-order valence-electron chi connectivity index (χ3n) is 3.02. The first kappa shape index (κ1) is 12.4. The van der Waals surface area contributed by atoms with Gasteiger partial charge in [0.2, 0.25) is 0 Å².